The minimum atomic E-state index is -0.474. The molecule has 1 N–H and O–H groups in total. The molecule has 0 unspecified atom stereocenters. The highest BCUT2D eigenvalue weighted by atomic mass is 32.1. The van der Waals surface area contributed by atoms with Crippen LogP contribution in [-0.2, 0) is 4.74 Å². The van der Waals surface area contributed by atoms with Crippen molar-refractivity contribution in [2.45, 2.75) is 13.8 Å². The lowest BCUT2D eigenvalue weighted by Crippen LogP contribution is -2.14. The Morgan fingerprint density at radius 2 is 1.92 bits per heavy atom. The highest BCUT2D eigenvalue weighted by molar-refractivity contribution is 7.14. The summed E-state index contributed by atoms with van der Waals surface area (Å²) in [6.07, 6.45) is 0. The van der Waals surface area contributed by atoms with Crippen LogP contribution in [0.1, 0.15) is 32.0 Å². The number of carbonyl (C=O) groups excluding carboxylic acids is 2. The van der Waals surface area contributed by atoms with Crippen LogP contribution < -0.4 is 5.32 Å². The summed E-state index contributed by atoms with van der Waals surface area (Å²) >= 11 is 1.28. The molecule has 0 aliphatic carbocycles. The molecule has 0 spiro atoms. The number of amides is 1. The minimum absolute atomic E-state index is 0.274. The van der Waals surface area contributed by atoms with E-state index in [-0.39, 0.29) is 5.91 Å². The molecule has 2 aromatic heterocycles. The number of nitrogens with one attached hydrogen (secondary N) is 1. The smallest absolute Gasteiger partial charge is 0.340 e. The molecule has 0 aliphatic heterocycles. The third-order valence-corrected chi connectivity index (χ3v) is 4.46. The van der Waals surface area contributed by atoms with Gasteiger partial charge in [0.1, 0.15) is 5.00 Å². The fourth-order valence-corrected chi connectivity index (χ4v) is 3.28. The molecule has 0 aliphatic rings. The zero-order valence-electron chi connectivity index (χ0n) is 13.5. The van der Waals surface area contributed by atoms with Gasteiger partial charge < -0.3 is 10.1 Å². The van der Waals surface area contributed by atoms with Crippen LogP contribution in [0.15, 0.2) is 35.7 Å². The molecular formula is C18H16N2O3S. The first kappa shape index (κ1) is 16.1. The van der Waals surface area contributed by atoms with Gasteiger partial charge in [-0.15, -0.1) is 11.3 Å². The van der Waals surface area contributed by atoms with E-state index in [4.69, 9.17) is 4.74 Å². The van der Waals surface area contributed by atoms with Crippen molar-refractivity contribution in [3.05, 3.63) is 58.1 Å². The fourth-order valence-electron chi connectivity index (χ4n) is 2.51. The van der Waals surface area contributed by atoms with Gasteiger partial charge in [0.2, 0.25) is 0 Å². The highest BCUT2D eigenvalue weighted by Gasteiger charge is 2.18. The molecule has 1 amide bonds. The standard InChI is InChI=1S/C18H16N2O3S/c1-10-4-5-15-13(8-10)14(9-11(2)19-15)16(21)20-17-12(6-7-24-17)18(22)23-3/h4-9H,1-3H3,(H,20,21). The molecule has 0 fully saturated rings. The average molecular weight is 340 g/mol. The number of benzene rings is 1. The van der Waals surface area contributed by atoms with E-state index in [9.17, 15) is 9.59 Å². The summed E-state index contributed by atoms with van der Waals surface area (Å²) in [5.74, 6) is -0.748. The maximum atomic E-state index is 12.8. The van der Waals surface area contributed by atoms with Gasteiger partial charge in [0.15, 0.2) is 0 Å². The average Bonchev–Trinajstić information content (AvgIpc) is 3.01. The number of thiophene rings is 1. The minimum Gasteiger partial charge on any atom is -0.465 e. The Morgan fingerprint density at radius 3 is 2.67 bits per heavy atom. The Balaban J connectivity index is 2.02. The molecular weight excluding hydrogens is 324 g/mol. The van der Waals surface area contributed by atoms with E-state index in [1.54, 1.807) is 17.5 Å². The van der Waals surface area contributed by atoms with Crippen LogP contribution in [0.5, 0.6) is 0 Å². The second-order valence-electron chi connectivity index (χ2n) is 5.44. The number of ether oxygens (including phenoxy) is 1. The molecule has 3 aromatic rings. The Hall–Kier alpha value is -2.73. The summed E-state index contributed by atoms with van der Waals surface area (Å²) in [5, 5.41) is 5.81. The second kappa shape index (κ2) is 6.41. The summed E-state index contributed by atoms with van der Waals surface area (Å²) in [5.41, 5.74) is 3.46. The Bertz CT molecular complexity index is 947. The number of carbonyl (C=O) groups is 2. The van der Waals surface area contributed by atoms with Gasteiger partial charge in [0.05, 0.1) is 23.8 Å². The van der Waals surface area contributed by atoms with Crippen LogP contribution in [-0.4, -0.2) is 24.0 Å². The van der Waals surface area contributed by atoms with E-state index in [0.29, 0.717) is 16.1 Å². The summed E-state index contributed by atoms with van der Waals surface area (Å²) in [6, 6.07) is 9.19. The lowest BCUT2D eigenvalue weighted by molar-refractivity contribution is 0.0602. The monoisotopic (exact) mass is 340 g/mol. The van der Waals surface area contributed by atoms with Crippen LogP contribution in [0, 0.1) is 13.8 Å². The SMILES string of the molecule is COC(=O)c1ccsc1NC(=O)c1cc(C)nc2ccc(C)cc12. The lowest BCUT2D eigenvalue weighted by Gasteiger charge is -2.10. The highest BCUT2D eigenvalue weighted by Crippen LogP contribution is 2.26. The number of aromatic nitrogens is 1. The Morgan fingerprint density at radius 1 is 1.12 bits per heavy atom. The number of hydrogen-bond acceptors (Lipinski definition) is 5. The first-order chi connectivity index (χ1) is 11.5. The number of pyridine rings is 1. The lowest BCUT2D eigenvalue weighted by atomic mass is 10.0. The molecule has 1 aromatic carbocycles. The number of anilines is 1. The summed E-state index contributed by atoms with van der Waals surface area (Å²) < 4.78 is 4.73. The van der Waals surface area contributed by atoms with Crippen LogP contribution in [0.4, 0.5) is 5.00 Å². The summed E-state index contributed by atoms with van der Waals surface area (Å²) in [7, 11) is 1.31. The summed E-state index contributed by atoms with van der Waals surface area (Å²) in [4.78, 5) is 29.0. The third-order valence-electron chi connectivity index (χ3n) is 3.63. The number of aryl methyl sites for hydroxylation is 2. The second-order valence-corrected chi connectivity index (χ2v) is 6.36. The van der Waals surface area contributed by atoms with Crippen molar-refractivity contribution in [1.29, 1.82) is 0 Å². The topological polar surface area (TPSA) is 68.3 Å². The number of fused-ring (bicyclic) bond motifs is 1. The number of hydrogen-bond donors (Lipinski definition) is 1. The van der Waals surface area contributed by atoms with E-state index in [1.165, 1.54) is 18.4 Å². The van der Waals surface area contributed by atoms with Crippen LogP contribution >= 0.6 is 11.3 Å². The Labute approximate surface area is 143 Å². The van der Waals surface area contributed by atoms with E-state index >= 15 is 0 Å². The van der Waals surface area contributed by atoms with Gasteiger partial charge in [-0.1, -0.05) is 11.6 Å². The number of rotatable bonds is 3. The predicted molar refractivity (Wildman–Crippen MR) is 94.8 cm³/mol. The number of methoxy groups -OCH3 is 1. The molecule has 2 heterocycles. The van der Waals surface area contributed by atoms with Crippen molar-refractivity contribution in [3.63, 3.8) is 0 Å². The van der Waals surface area contributed by atoms with Crippen molar-refractivity contribution < 1.29 is 14.3 Å². The van der Waals surface area contributed by atoms with Crippen LogP contribution in [0.25, 0.3) is 10.9 Å². The van der Waals surface area contributed by atoms with Gasteiger partial charge in [-0.25, -0.2) is 4.79 Å². The maximum absolute atomic E-state index is 12.8. The first-order valence-corrected chi connectivity index (χ1v) is 8.22. The molecule has 6 heteroatoms. The zero-order chi connectivity index (χ0) is 17.3. The largest absolute Gasteiger partial charge is 0.465 e. The molecule has 0 radical (unpaired) electrons. The van der Waals surface area contributed by atoms with E-state index in [0.717, 1.165) is 22.2 Å². The third kappa shape index (κ3) is 3.00. The van der Waals surface area contributed by atoms with Crippen molar-refractivity contribution in [1.82, 2.24) is 4.98 Å². The molecule has 0 saturated carbocycles. The zero-order valence-corrected chi connectivity index (χ0v) is 14.4. The van der Waals surface area contributed by atoms with Gasteiger partial charge in [0.25, 0.3) is 5.91 Å². The summed E-state index contributed by atoms with van der Waals surface area (Å²) in [6.45, 7) is 3.82. The predicted octanol–water partition coefficient (Wildman–Crippen LogP) is 3.95. The van der Waals surface area contributed by atoms with Crippen molar-refractivity contribution in [2.24, 2.45) is 0 Å². The normalized spacial score (nSPS) is 10.6. The maximum Gasteiger partial charge on any atom is 0.340 e. The van der Waals surface area contributed by atoms with E-state index in [2.05, 4.69) is 10.3 Å². The van der Waals surface area contributed by atoms with Crippen molar-refractivity contribution in [2.75, 3.05) is 12.4 Å². The number of nitrogens with zero attached hydrogens (tertiary/aromatic N) is 1. The van der Waals surface area contributed by atoms with Gasteiger partial charge in [0, 0.05) is 11.1 Å². The first-order valence-electron chi connectivity index (χ1n) is 7.35. The molecule has 0 atom stereocenters. The molecule has 0 saturated heterocycles. The van der Waals surface area contributed by atoms with E-state index < -0.39 is 5.97 Å². The molecule has 122 valence electrons. The molecule has 24 heavy (non-hydrogen) atoms. The fraction of sp³-hybridized carbons (Fsp3) is 0.167. The van der Waals surface area contributed by atoms with Gasteiger partial charge in [-0.05, 0) is 43.5 Å². The van der Waals surface area contributed by atoms with E-state index in [1.807, 2.05) is 32.0 Å². The van der Waals surface area contributed by atoms with Gasteiger partial charge in [-0.3, -0.25) is 9.78 Å². The molecule has 5 nitrogen and oxygen atoms in total. The van der Waals surface area contributed by atoms with Crippen molar-refractivity contribution in [3.8, 4) is 0 Å². The van der Waals surface area contributed by atoms with Crippen molar-refractivity contribution >= 4 is 39.1 Å². The van der Waals surface area contributed by atoms with Crippen LogP contribution in [0.2, 0.25) is 0 Å². The quantitative estimate of drug-likeness (QED) is 0.733. The van der Waals surface area contributed by atoms with Gasteiger partial charge in [-0.2, -0.15) is 0 Å². The number of esters is 1. The van der Waals surface area contributed by atoms with Crippen LogP contribution in [0.3, 0.4) is 0 Å². The van der Waals surface area contributed by atoms with Gasteiger partial charge >= 0.3 is 5.97 Å². The molecule has 0 bridgehead atoms. The molecule has 3 rings (SSSR count). The Kier molecular flexibility index (Phi) is 4.31.